The van der Waals surface area contributed by atoms with E-state index in [4.69, 9.17) is 16.7 Å². The van der Waals surface area contributed by atoms with E-state index in [1.165, 1.54) is 6.07 Å². The average Bonchev–Trinajstić information content (AvgIpc) is 2.63. The quantitative estimate of drug-likeness (QED) is 0.835. The summed E-state index contributed by atoms with van der Waals surface area (Å²) in [6, 6.07) is 2.46. The molecule has 0 radical (unpaired) electrons. The summed E-state index contributed by atoms with van der Waals surface area (Å²) in [5.41, 5.74) is -2.39. The van der Waals surface area contributed by atoms with E-state index in [1.54, 1.807) is 4.72 Å². The van der Waals surface area contributed by atoms with Gasteiger partial charge in [0, 0.05) is 0 Å². The summed E-state index contributed by atoms with van der Waals surface area (Å²) in [5, 5.41) is 8.58. The van der Waals surface area contributed by atoms with Gasteiger partial charge in [0.1, 0.15) is 9.75 Å². The zero-order valence-corrected chi connectivity index (χ0v) is 12.0. The molecule has 19 heavy (non-hydrogen) atoms. The molecule has 1 heterocycles. The lowest BCUT2D eigenvalue weighted by molar-refractivity contribution is -0.140. The van der Waals surface area contributed by atoms with Gasteiger partial charge in [-0.1, -0.05) is 11.6 Å². The Kier molecular flexibility index (Phi) is 4.88. The molecule has 0 saturated carbocycles. The van der Waals surface area contributed by atoms with Crippen LogP contribution in [-0.4, -0.2) is 31.5 Å². The van der Waals surface area contributed by atoms with Crippen LogP contribution in [0.25, 0.3) is 0 Å². The van der Waals surface area contributed by atoms with Crippen molar-refractivity contribution in [2.75, 3.05) is 0 Å². The van der Waals surface area contributed by atoms with Crippen LogP contribution in [0.4, 0.5) is 8.78 Å². The highest BCUT2D eigenvalue weighted by Crippen LogP contribution is 2.28. The number of nitrogens with one attached hydrogen (secondary N) is 1. The molecule has 0 aromatic carbocycles. The predicted octanol–water partition coefficient (Wildman–Crippen LogP) is 2.18. The van der Waals surface area contributed by atoms with Gasteiger partial charge in [-0.25, -0.2) is 17.2 Å². The lowest BCUT2D eigenvalue weighted by atomic mass is 10.0. The number of carbonyl (C=O) groups is 1. The number of thiophene rings is 1. The van der Waals surface area contributed by atoms with Crippen molar-refractivity contribution in [3.63, 3.8) is 0 Å². The predicted molar refractivity (Wildman–Crippen MR) is 66.3 cm³/mol. The molecule has 0 amide bonds. The first-order valence-corrected chi connectivity index (χ1v) is 7.54. The topological polar surface area (TPSA) is 83.5 Å². The van der Waals surface area contributed by atoms with Gasteiger partial charge in [0.25, 0.3) is 16.4 Å². The fourth-order valence-electron chi connectivity index (χ4n) is 1.27. The van der Waals surface area contributed by atoms with Crippen molar-refractivity contribution >= 4 is 38.9 Å². The monoisotopic (exact) mass is 333 g/mol. The molecule has 10 heteroatoms. The maximum Gasteiger partial charge on any atom is 0.305 e. The van der Waals surface area contributed by atoms with Crippen LogP contribution in [0.3, 0.4) is 0 Å². The first-order chi connectivity index (χ1) is 8.57. The normalized spacial score (nSPS) is 15.4. The molecule has 0 spiro atoms. The van der Waals surface area contributed by atoms with Gasteiger partial charge in [0.2, 0.25) is 0 Å². The molecule has 1 unspecified atom stereocenters. The zero-order valence-electron chi connectivity index (χ0n) is 9.56. The van der Waals surface area contributed by atoms with E-state index in [9.17, 15) is 22.0 Å². The highest BCUT2D eigenvalue weighted by Gasteiger charge is 2.41. The molecule has 0 aliphatic rings. The van der Waals surface area contributed by atoms with Crippen LogP contribution < -0.4 is 4.72 Å². The number of carboxylic acid groups (broad SMARTS) is 1. The van der Waals surface area contributed by atoms with Crippen molar-refractivity contribution in [1.29, 1.82) is 0 Å². The Hall–Kier alpha value is -0.770. The Morgan fingerprint density at radius 1 is 1.58 bits per heavy atom. The number of rotatable bonds is 6. The third-order valence-electron chi connectivity index (χ3n) is 2.18. The van der Waals surface area contributed by atoms with Gasteiger partial charge in [-0.2, -0.15) is 4.72 Å². The van der Waals surface area contributed by atoms with E-state index < -0.39 is 34.4 Å². The minimum atomic E-state index is -4.25. The molecular weight excluding hydrogens is 324 g/mol. The van der Waals surface area contributed by atoms with Gasteiger partial charge in [-0.05, 0) is 19.1 Å². The summed E-state index contributed by atoms with van der Waals surface area (Å²) >= 11 is 6.26. The smallest absolute Gasteiger partial charge is 0.305 e. The Morgan fingerprint density at radius 3 is 2.53 bits per heavy atom. The van der Waals surface area contributed by atoms with Crippen LogP contribution in [0, 0.1) is 0 Å². The summed E-state index contributed by atoms with van der Waals surface area (Å²) in [6.45, 7) is 0.832. The van der Waals surface area contributed by atoms with Crippen LogP contribution >= 0.6 is 22.9 Å². The third-order valence-corrected chi connectivity index (χ3v) is 5.52. The van der Waals surface area contributed by atoms with Crippen LogP contribution in [0.15, 0.2) is 16.3 Å². The molecular formula is C9H10ClF2NO4S2. The molecule has 1 rings (SSSR count). The first-order valence-electron chi connectivity index (χ1n) is 4.86. The van der Waals surface area contributed by atoms with Crippen molar-refractivity contribution in [2.24, 2.45) is 0 Å². The van der Waals surface area contributed by atoms with Gasteiger partial charge in [-0.15, -0.1) is 11.3 Å². The summed E-state index contributed by atoms with van der Waals surface area (Å²) in [6.07, 6.45) is -4.21. The minimum Gasteiger partial charge on any atom is -0.481 e. The maximum absolute atomic E-state index is 12.9. The lowest BCUT2D eigenvalue weighted by Gasteiger charge is -2.27. The molecule has 0 aliphatic carbocycles. The van der Waals surface area contributed by atoms with Crippen LogP contribution in [0.5, 0.6) is 0 Å². The number of alkyl halides is 2. The molecule has 1 aromatic rings. The van der Waals surface area contributed by atoms with Gasteiger partial charge in [0.05, 0.1) is 10.8 Å². The van der Waals surface area contributed by atoms with Gasteiger partial charge in [0.15, 0.2) is 0 Å². The Labute approximate surface area is 117 Å². The summed E-state index contributed by atoms with van der Waals surface area (Å²) < 4.78 is 51.1. The largest absolute Gasteiger partial charge is 0.481 e. The van der Waals surface area contributed by atoms with E-state index in [2.05, 4.69) is 0 Å². The molecule has 1 aromatic heterocycles. The van der Waals surface area contributed by atoms with Crippen molar-refractivity contribution in [3.05, 3.63) is 16.5 Å². The second-order valence-corrected chi connectivity index (χ2v) is 7.58. The van der Waals surface area contributed by atoms with Crippen molar-refractivity contribution in [2.45, 2.75) is 29.5 Å². The fraction of sp³-hybridized carbons (Fsp3) is 0.444. The minimum absolute atomic E-state index is 0.178. The zero-order chi connectivity index (χ0) is 14.8. The molecule has 0 bridgehead atoms. The number of hydrogen-bond donors (Lipinski definition) is 2. The Morgan fingerprint density at radius 2 is 2.16 bits per heavy atom. The second kappa shape index (κ2) is 5.70. The van der Waals surface area contributed by atoms with Crippen molar-refractivity contribution < 1.29 is 27.1 Å². The standard InChI is InChI=1S/C9H10ClF2NO4S2/c1-9(8(11)12,4-6(14)15)13-19(16,17)7-3-2-5(10)18-7/h2-3,8,13H,4H2,1H3,(H,14,15). The molecule has 0 saturated heterocycles. The summed E-state index contributed by atoms with van der Waals surface area (Å²) in [7, 11) is -4.25. The van der Waals surface area contributed by atoms with Crippen molar-refractivity contribution in [1.82, 2.24) is 4.72 Å². The highest BCUT2D eigenvalue weighted by molar-refractivity contribution is 7.91. The van der Waals surface area contributed by atoms with Crippen LogP contribution in [0.1, 0.15) is 13.3 Å². The SMILES string of the molecule is CC(CC(=O)O)(NS(=O)(=O)c1ccc(Cl)s1)C(F)F. The van der Waals surface area contributed by atoms with Gasteiger partial charge in [-0.3, -0.25) is 4.79 Å². The van der Waals surface area contributed by atoms with Crippen LogP contribution in [-0.2, 0) is 14.8 Å². The van der Waals surface area contributed by atoms with Gasteiger partial charge < -0.3 is 5.11 Å². The van der Waals surface area contributed by atoms with Crippen LogP contribution in [0.2, 0.25) is 4.34 Å². The van der Waals surface area contributed by atoms with Crippen molar-refractivity contribution in [3.8, 4) is 0 Å². The highest BCUT2D eigenvalue weighted by atomic mass is 35.5. The van der Waals surface area contributed by atoms with Gasteiger partial charge >= 0.3 is 5.97 Å². The summed E-state index contributed by atoms with van der Waals surface area (Å²) in [5.74, 6) is -1.53. The molecule has 0 aliphatic heterocycles. The maximum atomic E-state index is 12.9. The van der Waals surface area contributed by atoms with E-state index in [0.717, 1.165) is 13.0 Å². The molecule has 5 nitrogen and oxygen atoms in total. The Balaban J connectivity index is 3.06. The molecule has 0 fully saturated rings. The number of sulfonamides is 1. The molecule has 2 N–H and O–H groups in total. The number of aliphatic carboxylic acids is 1. The molecule has 108 valence electrons. The Bertz CT molecular complexity index is 575. The number of hydrogen-bond acceptors (Lipinski definition) is 4. The van der Waals surface area contributed by atoms with E-state index in [0.29, 0.717) is 11.3 Å². The fourth-order valence-corrected chi connectivity index (χ4v) is 4.14. The van der Waals surface area contributed by atoms with E-state index in [-0.39, 0.29) is 8.55 Å². The first kappa shape index (κ1) is 16.3. The summed E-state index contributed by atoms with van der Waals surface area (Å²) in [4.78, 5) is 10.6. The molecule has 1 atom stereocenters. The second-order valence-electron chi connectivity index (χ2n) is 3.95. The van der Waals surface area contributed by atoms with E-state index >= 15 is 0 Å². The average molecular weight is 334 g/mol. The lowest BCUT2D eigenvalue weighted by Crippen LogP contribution is -2.52. The number of halogens is 3. The van der Waals surface area contributed by atoms with E-state index in [1.807, 2.05) is 0 Å². The third kappa shape index (κ3) is 4.10. The number of carboxylic acids is 1.